The number of anilines is 3. The number of rotatable bonds is 4. The van der Waals surface area contributed by atoms with Crippen LogP contribution in [0.4, 0.5) is 21.7 Å². The Morgan fingerprint density at radius 1 is 0.957 bits per heavy atom. The third-order valence-corrected chi connectivity index (χ3v) is 3.00. The number of hydrogen-bond acceptors (Lipinski definition) is 4. The van der Waals surface area contributed by atoms with Gasteiger partial charge in [-0.05, 0) is 36.4 Å². The maximum absolute atomic E-state index is 13.2. The monoisotopic (exact) mass is 308 g/mol. The lowest BCUT2D eigenvalue weighted by Crippen LogP contribution is -2.14. The molecule has 0 aliphatic heterocycles. The first-order valence-electron chi connectivity index (χ1n) is 6.93. The van der Waals surface area contributed by atoms with Crippen molar-refractivity contribution in [3.05, 3.63) is 78.4 Å². The molecule has 0 atom stereocenters. The quantitative estimate of drug-likeness (QED) is 0.772. The van der Waals surface area contributed by atoms with Crippen molar-refractivity contribution in [3.8, 4) is 0 Å². The molecule has 1 aromatic heterocycles. The maximum Gasteiger partial charge on any atom is 0.274 e. The molecular formula is C17H13FN4O. The Morgan fingerprint density at radius 2 is 1.74 bits per heavy atom. The Morgan fingerprint density at radius 3 is 2.52 bits per heavy atom. The van der Waals surface area contributed by atoms with E-state index in [1.165, 1.54) is 24.4 Å². The van der Waals surface area contributed by atoms with Gasteiger partial charge in [0.15, 0.2) is 0 Å². The van der Waals surface area contributed by atoms with Crippen LogP contribution in [0.2, 0.25) is 0 Å². The number of hydrogen-bond donors (Lipinski definition) is 2. The van der Waals surface area contributed by atoms with Crippen LogP contribution >= 0.6 is 0 Å². The molecule has 114 valence electrons. The lowest BCUT2D eigenvalue weighted by Gasteiger charge is -2.07. The summed E-state index contributed by atoms with van der Waals surface area (Å²) in [4.78, 5) is 20.3. The molecule has 1 amide bonds. The van der Waals surface area contributed by atoms with Gasteiger partial charge in [0.2, 0.25) is 5.95 Å². The highest BCUT2D eigenvalue weighted by Crippen LogP contribution is 2.14. The first-order chi connectivity index (χ1) is 11.2. The normalized spacial score (nSPS) is 10.1. The smallest absolute Gasteiger partial charge is 0.274 e. The summed E-state index contributed by atoms with van der Waals surface area (Å²) >= 11 is 0. The van der Waals surface area contributed by atoms with Crippen LogP contribution in [0.3, 0.4) is 0 Å². The minimum Gasteiger partial charge on any atom is -0.324 e. The summed E-state index contributed by atoms with van der Waals surface area (Å²) in [7, 11) is 0. The fraction of sp³-hybridized carbons (Fsp3) is 0. The first kappa shape index (κ1) is 14.6. The molecule has 0 spiro atoms. The zero-order chi connectivity index (χ0) is 16.1. The second-order valence-electron chi connectivity index (χ2n) is 4.72. The minimum atomic E-state index is -0.368. The second kappa shape index (κ2) is 6.65. The third kappa shape index (κ3) is 3.88. The summed E-state index contributed by atoms with van der Waals surface area (Å²) < 4.78 is 13.2. The van der Waals surface area contributed by atoms with Crippen molar-refractivity contribution in [1.82, 2.24) is 9.97 Å². The first-order valence-corrected chi connectivity index (χ1v) is 6.93. The number of nitrogens with zero attached hydrogens (tertiary/aromatic N) is 2. The van der Waals surface area contributed by atoms with Crippen molar-refractivity contribution < 1.29 is 9.18 Å². The van der Waals surface area contributed by atoms with E-state index in [2.05, 4.69) is 20.6 Å². The number of carbonyl (C=O) groups is 1. The van der Waals surface area contributed by atoms with Crippen LogP contribution < -0.4 is 10.6 Å². The Kier molecular flexibility index (Phi) is 4.24. The van der Waals surface area contributed by atoms with Crippen LogP contribution in [0.1, 0.15) is 10.5 Å². The van der Waals surface area contributed by atoms with E-state index in [0.29, 0.717) is 11.4 Å². The summed E-state index contributed by atoms with van der Waals surface area (Å²) in [5.74, 6) is -0.495. The number of nitrogens with one attached hydrogen (secondary N) is 2. The van der Waals surface area contributed by atoms with E-state index in [1.54, 1.807) is 24.3 Å². The van der Waals surface area contributed by atoms with E-state index in [1.807, 2.05) is 18.2 Å². The van der Waals surface area contributed by atoms with Gasteiger partial charge in [0.1, 0.15) is 11.5 Å². The number of carbonyl (C=O) groups excluding carboxylic acids is 1. The molecule has 0 radical (unpaired) electrons. The molecule has 0 aliphatic rings. The minimum absolute atomic E-state index is 0.211. The Hall–Kier alpha value is -3.28. The molecular weight excluding hydrogens is 295 g/mol. The Labute approximate surface area is 132 Å². The van der Waals surface area contributed by atoms with Gasteiger partial charge in [-0.15, -0.1) is 0 Å². The highest BCUT2D eigenvalue weighted by molar-refractivity contribution is 6.02. The van der Waals surface area contributed by atoms with E-state index in [4.69, 9.17) is 0 Å². The van der Waals surface area contributed by atoms with Crippen molar-refractivity contribution in [1.29, 1.82) is 0 Å². The predicted octanol–water partition coefficient (Wildman–Crippen LogP) is 3.61. The van der Waals surface area contributed by atoms with Crippen molar-refractivity contribution in [2.45, 2.75) is 0 Å². The largest absolute Gasteiger partial charge is 0.324 e. The fourth-order valence-corrected chi connectivity index (χ4v) is 1.96. The molecule has 0 saturated heterocycles. The average Bonchev–Trinajstić information content (AvgIpc) is 2.56. The van der Waals surface area contributed by atoms with Crippen molar-refractivity contribution >= 4 is 23.2 Å². The number of halogens is 1. The van der Waals surface area contributed by atoms with Crippen molar-refractivity contribution in [2.75, 3.05) is 10.6 Å². The summed E-state index contributed by atoms with van der Waals surface area (Å²) in [6.45, 7) is 0. The van der Waals surface area contributed by atoms with Crippen LogP contribution in [0.15, 0.2) is 66.9 Å². The molecule has 3 rings (SSSR count). The van der Waals surface area contributed by atoms with Crippen molar-refractivity contribution in [2.24, 2.45) is 0 Å². The summed E-state index contributed by atoms with van der Waals surface area (Å²) in [6.07, 6.45) is 1.47. The maximum atomic E-state index is 13.2. The summed E-state index contributed by atoms with van der Waals surface area (Å²) in [6, 6.07) is 16.5. The molecule has 0 fully saturated rings. The van der Waals surface area contributed by atoms with E-state index >= 15 is 0 Å². The van der Waals surface area contributed by atoms with Crippen LogP contribution in [0, 0.1) is 5.82 Å². The van der Waals surface area contributed by atoms with Crippen LogP contribution in [-0.2, 0) is 0 Å². The van der Waals surface area contributed by atoms with Crippen LogP contribution in [0.25, 0.3) is 0 Å². The standard InChI is InChI=1S/C17H13FN4O/c18-12-5-4-8-14(11-12)21-17-19-10-9-15(22-17)16(23)20-13-6-2-1-3-7-13/h1-11H,(H,20,23)(H,19,21,22). The van der Waals surface area contributed by atoms with Gasteiger partial charge in [0.25, 0.3) is 5.91 Å². The number of amides is 1. The average molecular weight is 308 g/mol. The summed E-state index contributed by atoms with van der Waals surface area (Å²) in [5.41, 5.74) is 1.39. The number of aromatic nitrogens is 2. The number of benzene rings is 2. The molecule has 0 saturated carbocycles. The van der Waals surface area contributed by atoms with E-state index in [0.717, 1.165) is 0 Å². The van der Waals surface area contributed by atoms with Gasteiger partial charge in [-0.2, -0.15) is 0 Å². The van der Waals surface area contributed by atoms with Gasteiger partial charge in [-0.1, -0.05) is 24.3 Å². The van der Waals surface area contributed by atoms with Gasteiger partial charge >= 0.3 is 0 Å². The lowest BCUT2D eigenvalue weighted by molar-refractivity contribution is 0.102. The Bertz CT molecular complexity index is 824. The molecule has 3 aromatic rings. The third-order valence-electron chi connectivity index (χ3n) is 3.00. The van der Waals surface area contributed by atoms with Crippen LogP contribution in [-0.4, -0.2) is 15.9 Å². The molecule has 0 unspecified atom stereocenters. The predicted molar refractivity (Wildman–Crippen MR) is 86.1 cm³/mol. The topological polar surface area (TPSA) is 66.9 Å². The highest BCUT2D eigenvalue weighted by atomic mass is 19.1. The van der Waals surface area contributed by atoms with Crippen LogP contribution in [0.5, 0.6) is 0 Å². The van der Waals surface area contributed by atoms with Gasteiger partial charge in [0, 0.05) is 17.6 Å². The SMILES string of the molecule is O=C(Nc1ccccc1)c1ccnc(Nc2cccc(F)c2)n1. The molecule has 6 heteroatoms. The zero-order valence-electron chi connectivity index (χ0n) is 12.0. The molecule has 0 aliphatic carbocycles. The fourth-order valence-electron chi connectivity index (χ4n) is 1.96. The van der Waals surface area contributed by atoms with Crippen molar-refractivity contribution in [3.63, 3.8) is 0 Å². The Balaban J connectivity index is 1.75. The zero-order valence-corrected chi connectivity index (χ0v) is 12.0. The molecule has 0 bridgehead atoms. The molecule has 1 heterocycles. The van der Waals surface area contributed by atoms with Gasteiger partial charge in [-0.3, -0.25) is 4.79 Å². The molecule has 23 heavy (non-hydrogen) atoms. The number of para-hydroxylation sites is 1. The van der Waals surface area contributed by atoms with Gasteiger partial charge in [0.05, 0.1) is 0 Å². The van der Waals surface area contributed by atoms with E-state index in [9.17, 15) is 9.18 Å². The van der Waals surface area contributed by atoms with E-state index < -0.39 is 0 Å². The molecule has 2 aromatic carbocycles. The summed E-state index contributed by atoms with van der Waals surface area (Å²) in [5, 5.41) is 5.60. The van der Waals surface area contributed by atoms with Gasteiger partial charge in [-0.25, -0.2) is 14.4 Å². The highest BCUT2D eigenvalue weighted by Gasteiger charge is 2.09. The molecule has 2 N–H and O–H groups in total. The van der Waals surface area contributed by atoms with E-state index in [-0.39, 0.29) is 23.4 Å². The second-order valence-corrected chi connectivity index (χ2v) is 4.72. The van der Waals surface area contributed by atoms with Gasteiger partial charge < -0.3 is 10.6 Å². The lowest BCUT2D eigenvalue weighted by atomic mass is 10.3. The molecule has 5 nitrogen and oxygen atoms in total.